The molecule has 0 unspecified atom stereocenters. The number of sulfone groups is 1. The summed E-state index contributed by atoms with van der Waals surface area (Å²) in [6, 6.07) is 13.1. The van der Waals surface area contributed by atoms with Crippen LogP contribution < -0.4 is 10.1 Å². The highest BCUT2D eigenvalue weighted by Crippen LogP contribution is 2.35. The number of hydrogen-bond acceptors (Lipinski definition) is 14. The van der Waals surface area contributed by atoms with E-state index >= 15 is 0 Å². The molecule has 0 aliphatic rings. The summed E-state index contributed by atoms with van der Waals surface area (Å²) in [6.07, 6.45) is 0. The van der Waals surface area contributed by atoms with E-state index in [4.69, 9.17) is 13.8 Å². The molecule has 0 saturated heterocycles. The summed E-state index contributed by atoms with van der Waals surface area (Å²) in [6.45, 7) is -0.856. The van der Waals surface area contributed by atoms with Crippen molar-refractivity contribution in [3.05, 3.63) is 78.0 Å². The van der Waals surface area contributed by atoms with Gasteiger partial charge in [-0.3, -0.25) is 13.9 Å². The number of methoxy groups -OCH3 is 1. The first-order chi connectivity index (χ1) is 22.4. The minimum Gasteiger partial charge on any atom is -0.495 e. The summed E-state index contributed by atoms with van der Waals surface area (Å²) in [4.78, 5) is 24.0. The first kappa shape index (κ1) is 35.6. The minimum absolute atomic E-state index is 0.0325. The number of carbonyl (C=O) groups excluding carboxylic acids is 1. The third-order valence-electron chi connectivity index (χ3n) is 6.18. The van der Waals surface area contributed by atoms with Crippen LogP contribution in [0, 0.1) is 0 Å². The Balaban J connectivity index is 1.53. The van der Waals surface area contributed by atoms with Gasteiger partial charge in [0.1, 0.15) is 5.75 Å². The third-order valence-corrected chi connectivity index (χ3v) is 9.18. The molecule has 1 amide bonds. The quantitative estimate of drug-likeness (QED) is 0.0978. The molecule has 0 fully saturated rings. The molecule has 0 saturated carbocycles. The van der Waals surface area contributed by atoms with Crippen molar-refractivity contribution in [2.45, 2.75) is 9.79 Å². The largest absolute Gasteiger partial charge is 0.495 e. The molecular weight excluding hydrogens is 703 g/mol. The van der Waals surface area contributed by atoms with E-state index in [1.165, 1.54) is 37.4 Å². The van der Waals surface area contributed by atoms with Crippen LogP contribution in [-0.2, 0) is 34.5 Å². The van der Waals surface area contributed by atoms with Crippen LogP contribution in [-0.4, -0.2) is 85.7 Å². The second-order valence-corrected chi connectivity index (χ2v) is 14.0. The van der Waals surface area contributed by atoms with Gasteiger partial charge in [-0.2, -0.15) is 31.7 Å². The Morgan fingerprint density at radius 1 is 0.896 bits per heavy atom. The number of aromatic hydroxyl groups is 1. The summed E-state index contributed by atoms with van der Waals surface area (Å²) in [5.74, 6) is -3.76. The van der Waals surface area contributed by atoms with E-state index in [-0.39, 0.29) is 33.3 Å². The fraction of sp³-hybridized carbons (Fsp3) is 0.115. The van der Waals surface area contributed by atoms with Crippen LogP contribution in [0.2, 0.25) is 0 Å². The molecule has 3 aromatic carbocycles. The first-order valence-electron chi connectivity index (χ1n) is 12.9. The highest BCUT2D eigenvalue weighted by molar-refractivity contribution is 7.91. The molecule has 0 aliphatic heterocycles. The first-order valence-corrected chi connectivity index (χ1v) is 17.3. The van der Waals surface area contributed by atoms with Gasteiger partial charge in [-0.05, 0) is 66.7 Å². The number of aromatic carboxylic acids is 1. The number of anilines is 1. The van der Waals surface area contributed by atoms with Gasteiger partial charge < -0.3 is 20.3 Å². The molecule has 19 nitrogen and oxygen atoms in total. The maximum Gasteiger partial charge on any atom is 0.397 e. The zero-order valence-corrected chi connectivity index (χ0v) is 26.6. The fourth-order valence-electron chi connectivity index (χ4n) is 3.90. The van der Waals surface area contributed by atoms with Crippen LogP contribution >= 0.6 is 0 Å². The van der Waals surface area contributed by atoms with Crippen molar-refractivity contribution in [1.29, 1.82) is 0 Å². The third kappa shape index (κ3) is 8.55. The molecule has 4 rings (SSSR count). The lowest BCUT2D eigenvalue weighted by molar-refractivity contribution is 0.0690. The number of nitrogens with zero attached hydrogens (tertiary/aromatic N) is 4. The molecular formula is C26H23N5O14S3. The van der Waals surface area contributed by atoms with E-state index in [1.807, 2.05) is 0 Å². The van der Waals surface area contributed by atoms with Crippen LogP contribution in [0.5, 0.6) is 11.6 Å². The van der Waals surface area contributed by atoms with Gasteiger partial charge in [0.15, 0.2) is 15.5 Å². The van der Waals surface area contributed by atoms with Crippen molar-refractivity contribution in [3.8, 4) is 17.3 Å². The molecule has 254 valence electrons. The predicted molar refractivity (Wildman–Crippen MR) is 163 cm³/mol. The lowest BCUT2D eigenvalue weighted by Crippen LogP contribution is -2.16. The van der Waals surface area contributed by atoms with Crippen molar-refractivity contribution in [1.82, 2.24) is 9.78 Å². The molecule has 1 heterocycles. The highest BCUT2D eigenvalue weighted by atomic mass is 32.3. The Labute approximate surface area is 271 Å². The summed E-state index contributed by atoms with van der Waals surface area (Å²) in [5, 5.41) is 34.1. The predicted octanol–water partition coefficient (Wildman–Crippen LogP) is 2.79. The minimum atomic E-state index is -4.85. The number of rotatable bonds is 13. The number of benzene rings is 3. The van der Waals surface area contributed by atoms with E-state index in [9.17, 15) is 45.1 Å². The second-order valence-electron chi connectivity index (χ2n) is 9.34. The maximum atomic E-state index is 13.0. The van der Waals surface area contributed by atoms with Crippen molar-refractivity contribution in [3.63, 3.8) is 0 Å². The average molecular weight is 726 g/mol. The number of azo groups is 1. The molecule has 0 radical (unpaired) electrons. The van der Waals surface area contributed by atoms with Crippen molar-refractivity contribution < 1.29 is 63.1 Å². The van der Waals surface area contributed by atoms with E-state index in [0.29, 0.717) is 0 Å². The van der Waals surface area contributed by atoms with Gasteiger partial charge in [-0.1, -0.05) is 0 Å². The molecule has 1 aromatic heterocycles. The smallest absolute Gasteiger partial charge is 0.397 e. The lowest BCUT2D eigenvalue weighted by atomic mass is 10.2. The number of ether oxygens (including phenoxy) is 1. The number of carboxylic acid groups (broad SMARTS) is 1. The van der Waals surface area contributed by atoms with Crippen LogP contribution in [0.4, 0.5) is 17.1 Å². The van der Waals surface area contributed by atoms with Crippen LogP contribution in [0.15, 0.2) is 86.7 Å². The Morgan fingerprint density at radius 2 is 1.52 bits per heavy atom. The average Bonchev–Trinajstić information content (AvgIpc) is 3.35. The van der Waals surface area contributed by atoms with Gasteiger partial charge in [0, 0.05) is 5.56 Å². The molecule has 0 atom stereocenters. The van der Waals surface area contributed by atoms with Gasteiger partial charge in [0.05, 0.1) is 46.3 Å². The molecule has 5 N–H and O–H groups in total. The second kappa shape index (κ2) is 13.8. The fourth-order valence-corrected chi connectivity index (χ4v) is 5.89. The zero-order chi connectivity index (χ0) is 35.4. The SMILES string of the molecule is COc1ccc(S(=O)(=O)CCOS(=O)(=O)O)cc1NC(=O)c1ccc(/N=N/c2c(C(=O)O)nn(-c3ccc(S(=O)(=O)O)cc3)c2O)cc1. The number of nitrogens with one attached hydrogen (secondary N) is 1. The summed E-state index contributed by atoms with van der Waals surface area (Å²) in [7, 11) is -12.2. The number of carboxylic acids is 1. The summed E-state index contributed by atoms with van der Waals surface area (Å²) in [5.41, 5.74) is -1.11. The number of hydrogen-bond donors (Lipinski definition) is 5. The molecule has 22 heteroatoms. The number of carbonyl (C=O) groups is 2. The van der Waals surface area contributed by atoms with Crippen molar-refractivity contribution >= 4 is 59.3 Å². The molecule has 48 heavy (non-hydrogen) atoms. The molecule has 0 aliphatic carbocycles. The zero-order valence-electron chi connectivity index (χ0n) is 24.2. The van der Waals surface area contributed by atoms with E-state index < -0.39 is 76.7 Å². The number of aromatic nitrogens is 2. The summed E-state index contributed by atoms with van der Waals surface area (Å²) >= 11 is 0. The molecule has 0 bridgehead atoms. The van der Waals surface area contributed by atoms with Gasteiger partial charge in [0.2, 0.25) is 11.6 Å². The Hall–Kier alpha value is -5.26. The Kier molecular flexibility index (Phi) is 10.3. The van der Waals surface area contributed by atoms with E-state index in [2.05, 4.69) is 24.8 Å². The lowest BCUT2D eigenvalue weighted by Gasteiger charge is -2.13. The Morgan fingerprint density at radius 3 is 2.08 bits per heavy atom. The Bertz CT molecular complexity index is 2230. The van der Waals surface area contributed by atoms with Gasteiger partial charge in [0.25, 0.3) is 16.0 Å². The van der Waals surface area contributed by atoms with Gasteiger partial charge in [-0.15, -0.1) is 5.11 Å². The highest BCUT2D eigenvalue weighted by Gasteiger charge is 2.24. The maximum absolute atomic E-state index is 13.0. The van der Waals surface area contributed by atoms with Crippen LogP contribution in [0.3, 0.4) is 0 Å². The van der Waals surface area contributed by atoms with Gasteiger partial charge in [-0.25, -0.2) is 17.4 Å². The van der Waals surface area contributed by atoms with Crippen molar-refractivity contribution in [2.75, 3.05) is 24.8 Å². The van der Waals surface area contributed by atoms with Gasteiger partial charge >= 0.3 is 16.4 Å². The monoisotopic (exact) mass is 725 g/mol. The molecule has 0 spiro atoms. The number of amides is 1. The van der Waals surface area contributed by atoms with Crippen LogP contribution in [0.1, 0.15) is 20.8 Å². The van der Waals surface area contributed by atoms with E-state index in [0.717, 1.165) is 41.1 Å². The van der Waals surface area contributed by atoms with Crippen molar-refractivity contribution in [2.24, 2.45) is 10.2 Å². The standard InChI is InChI=1S/C26H23N5O14S3/c1-44-21-11-10-19(46(36,37)13-12-45-48(41,42)43)14-20(21)27-24(32)15-2-4-16(5-3-15)28-29-22-23(26(34)35)30-31(25(22)33)17-6-8-18(9-7-17)47(38,39)40/h2-11,14,33H,12-13H2,1H3,(H,27,32)(H,34,35)(H,38,39,40)(H,41,42,43)/b29-28+. The van der Waals surface area contributed by atoms with Crippen LogP contribution in [0.25, 0.3) is 5.69 Å². The van der Waals surface area contributed by atoms with E-state index in [1.54, 1.807) is 0 Å². The topological polar surface area (TPSA) is 291 Å². The normalized spacial score (nSPS) is 12.2. The molecule has 4 aromatic rings. The summed E-state index contributed by atoms with van der Waals surface area (Å²) < 4.78 is 97.0.